The minimum Gasteiger partial charge on any atom is -0.311 e. The minimum atomic E-state index is 0.650. The number of benzene rings is 5. The van der Waals surface area contributed by atoms with Crippen molar-refractivity contribution in [3.05, 3.63) is 168 Å². The first kappa shape index (κ1) is 29.5. The number of hydrogen-bond acceptors (Lipinski definition) is 0. The van der Waals surface area contributed by atoms with Crippen molar-refractivity contribution in [3.63, 3.8) is 0 Å². The number of hydrogen-bond donors (Lipinski definition) is 0. The Kier molecular flexibility index (Phi) is 7.31. The Morgan fingerprint density at radius 3 is 2.31 bits per heavy atom. The van der Waals surface area contributed by atoms with E-state index in [2.05, 4.69) is 168 Å². The van der Waals surface area contributed by atoms with Gasteiger partial charge < -0.3 is 9.13 Å². The van der Waals surface area contributed by atoms with Gasteiger partial charge in [-0.3, -0.25) is 0 Å². The van der Waals surface area contributed by atoms with Gasteiger partial charge in [0.2, 0.25) is 0 Å². The molecule has 2 nitrogen and oxygen atoms in total. The predicted molar refractivity (Wildman–Crippen MR) is 210 cm³/mol. The van der Waals surface area contributed by atoms with Crippen LogP contribution in [0.15, 0.2) is 140 Å². The molecule has 2 heterocycles. The number of aryl methyl sites for hydroxylation is 1. The molecule has 0 aliphatic heterocycles. The molecule has 238 valence electrons. The van der Waals surface area contributed by atoms with E-state index in [0.717, 1.165) is 12.8 Å². The third-order valence-electron chi connectivity index (χ3n) is 10.4. The number of allylic oxidation sites excluding steroid dienone is 6. The molecule has 0 N–H and O–H groups in total. The highest BCUT2D eigenvalue weighted by Gasteiger charge is 2.28. The van der Waals surface area contributed by atoms with Gasteiger partial charge in [0, 0.05) is 38.8 Å². The van der Waals surface area contributed by atoms with Gasteiger partial charge in [0.1, 0.15) is 0 Å². The molecule has 0 radical (unpaired) electrons. The van der Waals surface area contributed by atoms with E-state index < -0.39 is 0 Å². The van der Waals surface area contributed by atoms with Crippen molar-refractivity contribution < 1.29 is 0 Å². The highest BCUT2D eigenvalue weighted by molar-refractivity contribution is 6.19. The second-order valence-corrected chi connectivity index (χ2v) is 13.5. The van der Waals surface area contributed by atoms with E-state index >= 15 is 0 Å². The zero-order chi connectivity index (χ0) is 32.9. The molecular formula is C47H40N2. The van der Waals surface area contributed by atoms with Gasteiger partial charge in [-0.15, -0.1) is 0 Å². The quantitative estimate of drug-likeness (QED) is 0.155. The van der Waals surface area contributed by atoms with Crippen molar-refractivity contribution in [2.24, 2.45) is 0 Å². The summed E-state index contributed by atoms with van der Waals surface area (Å²) in [6, 6.07) is 38.6. The van der Waals surface area contributed by atoms with Crippen LogP contribution >= 0.6 is 0 Å². The first-order valence-corrected chi connectivity index (χ1v) is 17.7. The number of rotatable bonds is 7. The minimum absolute atomic E-state index is 0.650. The summed E-state index contributed by atoms with van der Waals surface area (Å²) in [5.41, 5.74) is 15.7. The summed E-state index contributed by atoms with van der Waals surface area (Å²) in [4.78, 5) is 0. The highest BCUT2D eigenvalue weighted by atomic mass is 15.0. The van der Waals surface area contributed by atoms with Crippen LogP contribution in [0.2, 0.25) is 0 Å². The summed E-state index contributed by atoms with van der Waals surface area (Å²) < 4.78 is 5.07. The lowest BCUT2D eigenvalue weighted by atomic mass is 9.89. The molecular weight excluding hydrogens is 593 g/mol. The van der Waals surface area contributed by atoms with Gasteiger partial charge in [0.05, 0.1) is 16.6 Å². The average Bonchev–Trinajstić information content (AvgIpc) is 3.86. The van der Waals surface area contributed by atoms with Crippen LogP contribution in [0.1, 0.15) is 60.1 Å². The molecule has 0 unspecified atom stereocenters. The summed E-state index contributed by atoms with van der Waals surface area (Å²) in [6.45, 7) is 4.34. The predicted octanol–water partition coefficient (Wildman–Crippen LogP) is 12.7. The van der Waals surface area contributed by atoms with Crippen molar-refractivity contribution in [1.82, 2.24) is 9.13 Å². The van der Waals surface area contributed by atoms with Crippen molar-refractivity contribution in [2.75, 3.05) is 0 Å². The smallest absolute Gasteiger partial charge is 0.0788 e. The molecule has 0 atom stereocenters. The van der Waals surface area contributed by atoms with Gasteiger partial charge in [0.15, 0.2) is 0 Å². The standard InChI is InChI=1S/C47H40N2/c1-3-4-5-6-8-16-34-17-15-22-38(33-25-26-33)45(34)37-28-27-36(31-32(37)2)49-44-24-14-12-21-40(44)42-30-29-41-39-20-11-13-23-43(39)48(46(41)47(42)49)35-18-9-7-10-19-35/h3-12,14-22,24,27-31,33H,13,23,25-26H2,1-2H3/b4-3-,6-5-,16-8+. The normalized spacial score (nSPS) is 14.8. The highest BCUT2D eigenvalue weighted by Crippen LogP contribution is 2.47. The fourth-order valence-electron chi connectivity index (χ4n) is 8.12. The van der Waals surface area contributed by atoms with Gasteiger partial charge >= 0.3 is 0 Å². The van der Waals surface area contributed by atoms with Crippen molar-refractivity contribution in [3.8, 4) is 22.5 Å². The van der Waals surface area contributed by atoms with E-state index in [1.165, 1.54) is 96.0 Å². The van der Waals surface area contributed by atoms with Gasteiger partial charge in [-0.1, -0.05) is 121 Å². The summed E-state index contributed by atoms with van der Waals surface area (Å²) >= 11 is 0. The molecule has 0 spiro atoms. The third kappa shape index (κ3) is 4.94. The van der Waals surface area contributed by atoms with Gasteiger partial charge in [-0.25, -0.2) is 0 Å². The molecule has 2 heteroatoms. The summed E-state index contributed by atoms with van der Waals surface area (Å²) in [5, 5.41) is 3.89. The summed E-state index contributed by atoms with van der Waals surface area (Å²) in [6.07, 6.45) is 22.1. The molecule has 2 aromatic heterocycles. The van der Waals surface area contributed by atoms with E-state index in [9.17, 15) is 0 Å². The largest absolute Gasteiger partial charge is 0.311 e. The monoisotopic (exact) mass is 632 g/mol. The van der Waals surface area contributed by atoms with E-state index in [0.29, 0.717) is 5.92 Å². The Morgan fingerprint density at radius 2 is 1.47 bits per heavy atom. The van der Waals surface area contributed by atoms with Crippen LogP contribution in [0.5, 0.6) is 0 Å². The lowest BCUT2D eigenvalue weighted by molar-refractivity contribution is 0.889. The number of nitrogens with zero attached hydrogens (tertiary/aromatic N) is 2. The van der Waals surface area contributed by atoms with Crippen LogP contribution in [0.3, 0.4) is 0 Å². The first-order valence-electron chi connectivity index (χ1n) is 17.7. The number of fused-ring (bicyclic) bond motifs is 7. The zero-order valence-corrected chi connectivity index (χ0v) is 28.2. The summed E-state index contributed by atoms with van der Waals surface area (Å²) in [7, 11) is 0. The average molecular weight is 633 g/mol. The fourth-order valence-corrected chi connectivity index (χ4v) is 8.12. The molecule has 0 amide bonds. The van der Waals surface area contributed by atoms with Crippen LogP contribution in [-0.2, 0) is 6.42 Å². The maximum atomic E-state index is 2.54. The Labute approximate surface area is 288 Å². The van der Waals surface area contributed by atoms with Crippen molar-refractivity contribution in [1.29, 1.82) is 0 Å². The molecule has 5 aromatic carbocycles. The van der Waals surface area contributed by atoms with E-state index in [-0.39, 0.29) is 0 Å². The molecule has 0 saturated heterocycles. The number of para-hydroxylation sites is 2. The molecule has 1 fully saturated rings. The van der Waals surface area contributed by atoms with Crippen LogP contribution in [0.25, 0.3) is 67.4 Å². The Balaban J connectivity index is 1.30. The fraction of sp³-hybridized carbons (Fsp3) is 0.149. The van der Waals surface area contributed by atoms with E-state index in [4.69, 9.17) is 0 Å². The Hall–Kier alpha value is -5.60. The Bertz CT molecular complexity index is 2510. The molecule has 9 rings (SSSR count). The second-order valence-electron chi connectivity index (χ2n) is 13.5. The zero-order valence-electron chi connectivity index (χ0n) is 28.2. The first-order chi connectivity index (χ1) is 24.2. The molecule has 1 saturated carbocycles. The third-order valence-corrected chi connectivity index (χ3v) is 10.4. The van der Waals surface area contributed by atoms with E-state index in [1.807, 2.05) is 6.92 Å². The topological polar surface area (TPSA) is 9.86 Å². The second kappa shape index (κ2) is 12.1. The molecule has 7 aromatic rings. The molecule has 0 bridgehead atoms. The lowest BCUT2D eigenvalue weighted by Crippen LogP contribution is -2.04. The maximum Gasteiger partial charge on any atom is 0.0788 e. The molecule has 2 aliphatic carbocycles. The van der Waals surface area contributed by atoms with Gasteiger partial charge in [-0.2, -0.15) is 0 Å². The SMILES string of the molecule is C\C=C/C=C\C=C\c1cccc(C2CC2)c1-c1ccc(-n2c3ccccc3c3ccc4c5c(n(-c6ccccc6)c4c32)CCC=C5)cc1C. The van der Waals surface area contributed by atoms with Crippen LogP contribution < -0.4 is 0 Å². The number of aromatic nitrogens is 2. The Morgan fingerprint density at radius 1 is 0.673 bits per heavy atom. The van der Waals surface area contributed by atoms with Crippen molar-refractivity contribution in [2.45, 2.75) is 45.4 Å². The molecule has 49 heavy (non-hydrogen) atoms. The molecule has 2 aliphatic rings. The van der Waals surface area contributed by atoms with Crippen LogP contribution in [0, 0.1) is 6.92 Å². The maximum absolute atomic E-state index is 2.54. The summed E-state index contributed by atoms with van der Waals surface area (Å²) in [5.74, 6) is 0.650. The van der Waals surface area contributed by atoms with E-state index in [1.54, 1.807) is 0 Å². The lowest BCUT2D eigenvalue weighted by Gasteiger charge is -2.18. The van der Waals surface area contributed by atoms with Crippen molar-refractivity contribution >= 4 is 44.9 Å². The van der Waals surface area contributed by atoms with Gasteiger partial charge in [0.25, 0.3) is 0 Å². The van der Waals surface area contributed by atoms with Crippen LogP contribution in [-0.4, -0.2) is 9.13 Å². The van der Waals surface area contributed by atoms with Gasteiger partial charge in [-0.05, 0) is 104 Å². The van der Waals surface area contributed by atoms with Crippen LogP contribution in [0.4, 0.5) is 0 Å².